The number of unbranched alkanes of at least 4 members (excludes halogenated alkanes) is 3. The van der Waals surface area contributed by atoms with Gasteiger partial charge in [0, 0.05) is 0 Å². The Morgan fingerprint density at radius 1 is 1.08 bits per heavy atom. The second-order valence-corrected chi connectivity index (χ2v) is 7.41. The Balaban J connectivity index is 3.08. The molecule has 0 aliphatic rings. The van der Waals surface area contributed by atoms with Crippen LogP contribution in [0.2, 0.25) is 4.44 Å². The van der Waals surface area contributed by atoms with Gasteiger partial charge in [-0.25, -0.2) is 0 Å². The van der Waals surface area contributed by atoms with E-state index in [4.69, 9.17) is 3.07 Å². The average Bonchev–Trinajstić information content (AvgIpc) is 2.09. The molecular formula is C9H20O2Sn. The molecule has 0 spiro atoms. The van der Waals surface area contributed by atoms with E-state index < -0.39 is 20.2 Å². The van der Waals surface area contributed by atoms with Crippen molar-refractivity contribution in [3.8, 4) is 0 Å². The summed E-state index contributed by atoms with van der Waals surface area (Å²) in [4.78, 5) is 0. The zero-order valence-corrected chi connectivity index (χ0v) is 11.1. The van der Waals surface area contributed by atoms with Gasteiger partial charge in [-0.3, -0.25) is 0 Å². The van der Waals surface area contributed by atoms with Crippen LogP contribution in [-0.4, -0.2) is 26.8 Å². The zero-order valence-electron chi connectivity index (χ0n) is 8.27. The molecule has 0 N–H and O–H groups in total. The Labute approximate surface area is 83.4 Å². The van der Waals surface area contributed by atoms with E-state index in [1.165, 1.54) is 12.8 Å². The molecule has 0 aliphatic carbocycles. The van der Waals surface area contributed by atoms with Crippen molar-refractivity contribution in [2.24, 2.45) is 0 Å². The maximum absolute atomic E-state index is 11.2. The van der Waals surface area contributed by atoms with Crippen molar-refractivity contribution in [2.75, 3.05) is 6.61 Å². The van der Waals surface area contributed by atoms with Crippen molar-refractivity contribution < 1.29 is 6.15 Å². The summed E-state index contributed by atoms with van der Waals surface area (Å²) in [6.07, 6.45) is 5.69. The van der Waals surface area contributed by atoms with E-state index in [9.17, 15) is 3.08 Å². The topological polar surface area (TPSA) is 26.3 Å². The summed E-state index contributed by atoms with van der Waals surface area (Å²) in [7, 11) is 0. The van der Waals surface area contributed by atoms with E-state index >= 15 is 0 Å². The molecule has 2 nitrogen and oxygen atoms in total. The van der Waals surface area contributed by atoms with Gasteiger partial charge in [-0.2, -0.15) is 0 Å². The van der Waals surface area contributed by atoms with Gasteiger partial charge in [-0.05, 0) is 0 Å². The van der Waals surface area contributed by atoms with Crippen LogP contribution in [0.3, 0.4) is 0 Å². The van der Waals surface area contributed by atoms with Gasteiger partial charge in [0.2, 0.25) is 0 Å². The van der Waals surface area contributed by atoms with Gasteiger partial charge in [0.25, 0.3) is 0 Å². The van der Waals surface area contributed by atoms with Gasteiger partial charge in [0.1, 0.15) is 0 Å². The average molecular weight is 279 g/mol. The van der Waals surface area contributed by atoms with Gasteiger partial charge in [0.15, 0.2) is 0 Å². The first kappa shape index (κ1) is 12.6. The van der Waals surface area contributed by atoms with Crippen LogP contribution in [0.1, 0.15) is 46.0 Å². The standard InChI is InChI=1S/C5H11O.C4H9.O.Sn/c1-2-3-4-5-6;1-3-4-2;;/h2-5H2,1H3;1,3-4H2,2H3;;/q-1;;;+1. The van der Waals surface area contributed by atoms with Crippen LogP contribution in [0.4, 0.5) is 0 Å². The van der Waals surface area contributed by atoms with E-state index in [1.807, 2.05) is 0 Å². The van der Waals surface area contributed by atoms with Crippen LogP contribution in [0.25, 0.3) is 0 Å². The first-order valence-corrected chi connectivity index (χ1v) is 9.31. The third kappa shape index (κ3) is 8.65. The molecule has 0 aromatic heterocycles. The molecule has 0 saturated carbocycles. The Kier molecular flexibility index (Phi) is 10.1. The van der Waals surface area contributed by atoms with Gasteiger partial charge in [0.05, 0.1) is 0 Å². The Morgan fingerprint density at radius 3 is 2.33 bits per heavy atom. The van der Waals surface area contributed by atoms with Gasteiger partial charge < -0.3 is 0 Å². The number of hydrogen-bond acceptors (Lipinski definition) is 2. The van der Waals surface area contributed by atoms with Crippen molar-refractivity contribution in [3.05, 3.63) is 0 Å². The molecule has 0 atom stereocenters. The molecule has 0 aromatic rings. The summed E-state index contributed by atoms with van der Waals surface area (Å²) in [6, 6.07) is 0. The second-order valence-electron chi connectivity index (χ2n) is 3.03. The van der Waals surface area contributed by atoms with E-state index in [2.05, 4.69) is 13.8 Å². The molecule has 0 rings (SSSR count). The Bertz CT molecular complexity index is 115. The SMILES string of the molecule is CCCCC[O][Sn](=[O])[CH2]CCC. The fourth-order valence-electron chi connectivity index (χ4n) is 0.931. The van der Waals surface area contributed by atoms with Crippen molar-refractivity contribution in [1.29, 1.82) is 0 Å². The molecule has 0 amide bonds. The van der Waals surface area contributed by atoms with Crippen LogP contribution in [0.15, 0.2) is 0 Å². The predicted octanol–water partition coefficient (Wildman–Crippen LogP) is 2.91. The number of hydrogen-bond donors (Lipinski definition) is 0. The van der Waals surface area contributed by atoms with Crippen LogP contribution >= 0.6 is 0 Å². The fraction of sp³-hybridized carbons (Fsp3) is 1.00. The summed E-state index contributed by atoms with van der Waals surface area (Å²) in [6.45, 7) is 5.01. The third-order valence-corrected chi connectivity index (χ3v) is 5.42. The molecule has 72 valence electrons. The molecule has 0 unspecified atom stereocenters. The minimum absolute atomic E-state index is 0.732. The van der Waals surface area contributed by atoms with E-state index in [0.29, 0.717) is 0 Å². The molecule has 3 heteroatoms. The fourth-order valence-corrected chi connectivity index (χ4v) is 4.24. The molecule has 12 heavy (non-hydrogen) atoms. The molecule has 0 aliphatic heterocycles. The molecule has 0 radical (unpaired) electrons. The quantitative estimate of drug-likeness (QED) is 0.504. The molecule has 0 bridgehead atoms. The summed E-state index contributed by atoms with van der Waals surface area (Å²) < 4.78 is 17.4. The van der Waals surface area contributed by atoms with Crippen molar-refractivity contribution >= 4 is 20.2 Å². The monoisotopic (exact) mass is 280 g/mol. The summed E-state index contributed by atoms with van der Waals surface area (Å²) in [5.74, 6) is 0. The van der Waals surface area contributed by atoms with Crippen LogP contribution in [-0.2, 0) is 6.15 Å². The van der Waals surface area contributed by atoms with Gasteiger partial charge >= 0.3 is 83.3 Å². The van der Waals surface area contributed by atoms with E-state index in [0.717, 1.165) is 30.3 Å². The molecule has 0 heterocycles. The summed E-state index contributed by atoms with van der Waals surface area (Å²) in [5.41, 5.74) is 0. The minimum atomic E-state index is -2.53. The zero-order chi connectivity index (χ0) is 9.23. The van der Waals surface area contributed by atoms with Crippen molar-refractivity contribution in [2.45, 2.75) is 50.4 Å². The maximum atomic E-state index is 11.2. The Morgan fingerprint density at radius 2 is 1.75 bits per heavy atom. The van der Waals surface area contributed by atoms with Crippen LogP contribution in [0.5, 0.6) is 0 Å². The summed E-state index contributed by atoms with van der Waals surface area (Å²) >= 11 is -2.53. The first-order chi connectivity index (χ1) is 5.81. The normalized spacial score (nSPS) is 10.2. The number of rotatable bonds is 8. The van der Waals surface area contributed by atoms with Crippen LogP contribution < -0.4 is 0 Å². The molecule has 0 saturated heterocycles. The van der Waals surface area contributed by atoms with E-state index in [1.54, 1.807) is 0 Å². The third-order valence-electron chi connectivity index (χ3n) is 1.75. The second kappa shape index (κ2) is 9.65. The van der Waals surface area contributed by atoms with Gasteiger partial charge in [-0.15, -0.1) is 0 Å². The first-order valence-electron chi connectivity index (χ1n) is 4.96. The molecule has 0 fully saturated rings. The van der Waals surface area contributed by atoms with Crippen LogP contribution in [0, 0.1) is 0 Å². The van der Waals surface area contributed by atoms with Crippen molar-refractivity contribution in [1.82, 2.24) is 0 Å². The van der Waals surface area contributed by atoms with Gasteiger partial charge in [-0.1, -0.05) is 0 Å². The molecular weight excluding hydrogens is 259 g/mol. The predicted molar refractivity (Wildman–Crippen MR) is 51.6 cm³/mol. The van der Waals surface area contributed by atoms with E-state index in [-0.39, 0.29) is 0 Å². The van der Waals surface area contributed by atoms with Crippen molar-refractivity contribution in [3.63, 3.8) is 0 Å². The molecule has 0 aromatic carbocycles. The Hall–Kier alpha value is 0.559. The summed E-state index contributed by atoms with van der Waals surface area (Å²) in [5, 5.41) is 0.